The molecule has 0 bridgehead atoms. The molecule has 0 radical (unpaired) electrons. The Morgan fingerprint density at radius 2 is 2.17 bits per heavy atom. The minimum Gasteiger partial charge on any atom is -0.480 e. The first kappa shape index (κ1) is 15.5. The van der Waals surface area contributed by atoms with Crippen LogP contribution >= 0.6 is 11.6 Å². The molecule has 7 nitrogen and oxygen atoms in total. The minimum absolute atomic E-state index is 0.0416. The molecule has 1 aliphatic heterocycles. The number of amides is 1. The van der Waals surface area contributed by atoms with E-state index in [4.69, 9.17) is 20.9 Å². The first-order valence-electron chi connectivity index (χ1n) is 6.90. The lowest BCUT2D eigenvalue weighted by atomic mass is 10.1. The Kier molecular flexibility index (Phi) is 4.31. The van der Waals surface area contributed by atoms with Crippen molar-refractivity contribution in [2.45, 2.75) is 6.04 Å². The number of aliphatic carboxylic acids is 1. The fourth-order valence-electron chi connectivity index (χ4n) is 2.35. The molecule has 1 aromatic carbocycles. The summed E-state index contributed by atoms with van der Waals surface area (Å²) in [5.41, 5.74) is 0.730. The molecule has 1 aliphatic rings. The molecule has 0 aliphatic carbocycles. The Bertz CT molecular complexity index is 745. The van der Waals surface area contributed by atoms with Gasteiger partial charge in [-0.05, 0) is 12.1 Å². The van der Waals surface area contributed by atoms with E-state index in [0.717, 1.165) is 0 Å². The topological polar surface area (TPSA) is 92.9 Å². The number of halogens is 1. The number of hydrogen-bond acceptors (Lipinski definition) is 5. The summed E-state index contributed by atoms with van der Waals surface area (Å²) >= 11 is 5.92. The largest absolute Gasteiger partial charge is 0.480 e. The zero-order valence-electron chi connectivity index (χ0n) is 11.9. The van der Waals surface area contributed by atoms with Crippen molar-refractivity contribution in [1.82, 2.24) is 10.1 Å². The van der Waals surface area contributed by atoms with Crippen molar-refractivity contribution >= 4 is 23.5 Å². The SMILES string of the molecule is O=C(O)[C@@H]1COCCN1C(=O)c1cc(-c2cccc(Cl)c2)on1. The maximum absolute atomic E-state index is 12.5. The van der Waals surface area contributed by atoms with E-state index >= 15 is 0 Å². The van der Waals surface area contributed by atoms with Crippen LogP contribution in [0.15, 0.2) is 34.9 Å². The zero-order valence-corrected chi connectivity index (χ0v) is 12.7. The number of carbonyl (C=O) groups is 2. The lowest BCUT2D eigenvalue weighted by Gasteiger charge is -2.32. The number of rotatable bonds is 3. The van der Waals surface area contributed by atoms with Crippen LogP contribution in [0.2, 0.25) is 5.02 Å². The average Bonchev–Trinajstić information content (AvgIpc) is 3.04. The molecule has 1 amide bonds. The van der Waals surface area contributed by atoms with Gasteiger partial charge in [0.15, 0.2) is 17.5 Å². The summed E-state index contributed by atoms with van der Waals surface area (Å²) in [4.78, 5) is 24.9. The summed E-state index contributed by atoms with van der Waals surface area (Å²) in [6.45, 7) is 0.434. The second kappa shape index (κ2) is 6.39. The van der Waals surface area contributed by atoms with Gasteiger partial charge in [-0.2, -0.15) is 0 Å². The van der Waals surface area contributed by atoms with Gasteiger partial charge in [0.1, 0.15) is 0 Å². The second-order valence-electron chi connectivity index (χ2n) is 5.01. The lowest BCUT2D eigenvalue weighted by Crippen LogP contribution is -2.52. The number of nitrogens with zero attached hydrogens (tertiary/aromatic N) is 2. The molecule has 0 unspecified atom stereocenters. The van der Waals surface area contributed by atoms with Crippen LogP contribution in [0, 0.1) is 0 Å². The van der Waals surface area contributed by atoms with E-state index in [0.29, 0.717) is 16.3 Å². The number of carboxylic acids is 1. The third kappa shape index (κ3) is 3.20. The number of morpholine rings is 1. The fourth-order valence-corrected chi connectivity index (χ4v) is 2.54. The normalized spacial score (nSPS) is 18.0. The third-order valence-electron chi connectivity index (χ3n) is 3.51. The predicted octanol–water partition coefficient (Wildman–Crippen LogP) is 1.92. The molecule has 8 heteroatoms. The smallest absolute Gasteiger partial charge is 0.328 e. The lowest BCUT2D eigenvalue weighted by molar-refractivity contribution is -0.147. The first-order chi connectivity index (χ1) is 11.1. The molecule has 2 aromatic rings. The monoisotopic (exact) mass is 336 g/mol. The predicted molar refractivity (Wildman–Crippen MR) is 80.2 cm³/mol. The van der Waals surface area contributed by atoms with E-state index in [1.165, 1.54) is 11.0 Å². The van der Waals surface area contributed by atoms with E-state index in [1.807, 2.05) is 0 Å². The van der Waals surface area contributed by atoms with Crippen LogP contribution < -0.4 is 0 Å². The van der Waals surface area contributed by atoms with Gasteiger partial charge >= 0.3 is 5.97 Å². The number of aromatic nitrogens is 1. The van der Waals surface area contributed by atoms with Gasteiger partial charge in [0.05, 0.1) is 13.2 Å². The Morgan fingerprint density at radius 1 is 1.35 bits per heavy atom. The summed E-state index contributed by atoms with van der Waals surface area (Å²) in [6.07, 6.45) is 0. The molecule has 1 atom stereocenters. The van der Waals surface area contributed by atoms with Crippen LogP contribution in [0.1, 0.15) is 10.5 Å². The Hall–Kier alpha value is -2.38. The van der Waals surface area contributed by atoms with Crippen LogP contribution in [0.3, 0.4) is 0 Å². The minimum atomic E-state index is -1.11. The highest BCUT2D eigenvalue weighted by Gasteiger charge is 2.34. The van der Waals surface area contributed by atoms with Gasteiger partial charge in [-0.15, -0.1) is 0 Å². The number of ether oxygens (including phenoxy) is 1. The fraction of sp³-hybridized carbons (Fsp3) is 0.267. The molecule has 0 saturated carbocycles. The van der Waals surface area contributed by atoms with Crippen molar-refractivity contribution in [2.24, 2.45) is 0 Å². The van der Waals surface area contributed by atoms with Gasteiger partial charge in [0.25, 0.3) is 5.91 Å². The Balaban J connectivity index is 1.84. The molecule has 1 fully saturated rings. The summed E-state index contributed by atoms with van der Waals surface area (Å²) < 4.78 is 10.3. The highest BCUT2D eigenvalue weighted by atomic mass is 35.5. The van der Waals surface area contributed by atoms with Crippen LogP contribution in [-0.2, 0) is 9.53 Å². The van der Waals surface area contributed by atoms with E-state index in [9.17, 15) is 14.7 Å². The van der Waals surface area contributed by atoms with Gasteiger partial charge in [0, 0.05) is 23.2 Å². The van der Waals surface area contributed by atoms with E-state index < -0.39 is 17.9 Å². The van der Waals surface area contributed by atoms with Gasteiger partial charge in [-0.3, -0.25) is 4.79 Å². The van der Waals surface area contributed by atoms with Crippen molar-refractivity contribution in [2.75, 3.05) is 19.8 Å². The molecule has 0 spiro atoms. The van der Waals surface area contributed by atoms with Crippen LogP contribution in [0.25, 0.3) is 11.3 Å². The van der Waals surface area contributed by atoms with E-state index in [1.54, 1.807) is 24.3 Å². The number of carboxylic acid groups (broad SMARTS) is 1. The van der Waals surface area contributed by atoms with Gasteiger partial charge in [-0.1, -0.05) is 28.9 Å². The standard InChI is InChI=1S/C15H13ClN2O5/c16-10-3-1-2-9(6-10)13-7-11(17-23-13)14(19)18-4-5-22-8-12(18)15(20)21/h1-3,6-7,12H,4-5,8H2,(H,20,21)/t12-/m0/s1. The van der Waals surface area contributed by atoms with Crippen molar-refractivity contribution in [1.29, 1.82) is 0 Å². The zero-order chi connectivity index (χ0) is 16.4. The molecule has 1 N–H and O–H groups in total. The van der Waals surface area contributed by atoms with Gasteiger partial charge in [-0.25, -0.2) is 4.79 Å². The average molecular weight is 337 g/mol. The van der Waals surface area contributed by atoms with Crippen LogP contribution in [0.4, 0.5) is 0 Å². The highest BCUT2D eigenvalue weighted by Crippen LogP contribution is 2.24. The molecular formula is C15H13ClN2O5. The van der Waals surface area contributed by atoms with Crippen LogP contribution in [-0.4, -0.2) is 52.8 Å². The number of hydrogen-bond donors (Lipinski definition) is 1. The molecule has 2 heterocycles. The quantitative estimate of drug-likeness (QED) is 0.920. The molecule has 1 aromatic heterocycles. The summed E-state index contributed by atoms with van der Waals surface area (Å²) in [7, 11) is 0. The highest BCUT2D eigenvalue weighted by molar-refractivity contribution is 6.30. The Labute approximate surface area is 136 Å². The molecule has 1 saturated heterocycles. The number of benzene rings is 1. The summed E-state index contributed by atoms with van der Waals surface area (Å²) in [5, 5.41) is 13.5. The second-order valence-corrected chi connectivity index (χ2v) is 5.45. The van der Waals surface area contributed by atoms with E-state index in [-0.39, 0.29) is 25.5 Å². The van der Waals surface area contributed by atoms with Gasteiger partial charge in [0.2, 0.25) is 0 Å². The third-order valence-corrected chi connectivity index (χ3v) is 3.75. The van der Waals surface area contributed by atoms with Crippen molar-refractivity contribution in [3.63, 3.8) is 0 Å². The maximum atomic E-state index is 12.5. The molecular weight excluding hydrogens is 324 g/mol. The van der Waals surface area contributed by atoms with Crippen molar-refractivity contribution in [3.8, 4) is 11.3 Å². The van der Waals surface area contributed by atoms with Crippen LogP contribution in [0.5, 0.6) is 0 Å². The summed E-state index contributed by atoms with van der Waals surface area (Å²) in [5.74, 6) is -1.23. The maximum Gasteiger partial charge on any atom is 0.328 e. The van der Waals surface area contributed by atoms with Gasteiger partial charge < -0.3 is 19.3 Å². The van der Waals surface area contributed by atoms with Crippen molar-refractivity contribution < 1.29 is 24.0 Å². The first-order valence-corrected chi connectivity index (χ1v) is 7.28. The molecule has 3 rings (SSSR count). The van der Waals surface area contributed by atoms with E-state index in [2.05, 4.69) is 5.16 Å². The molecule has 23 heavy (non-hydrogen) atoms. The Morgan fingerprint density at radius 3 is 2.91 bits per heavy atom. The number of carbonyl (C=O) groups excluding carboxylic acids is 1. The summed E-state index contributed by atoms with van der Waals surface area (Å²) in [6, 6.07) is 7.38. The molecule has 120 valence electrons. The van der Waals surface area contributed by atoms with Crippen molar-refractivity contribution in [3.05, 3.63) is 41.0 Å².